The Morgan fingerprint density at radius 3 is 2.29 bits per heavy atom. The molecule has 4 nitrogen and oxygen atoms in total. The van der Waals surface area contributed by atoms with Crippen LogP contribution in [0, 0.1) is 11.3 Å². The largest absolute Gasteiger partial charge is 0.512 e. The Labute approximate surface area is 125 Å². The molecule has 21 heavy (non-hydrogen) atoms. The monoisotopic (exact) mass is 282 g/mol. The topological polar surface area (TPSA) is 47.2 Å². The summed E-state index contributed by atoms with van der Waals surface area (Å²) in [4.78, 5) is 0. The molecule has 1 aromatic carbocycles. The summed E-state index contributed by atoms with van der Waals surface area (Å²) in [5.41, 5.74) is 1.99. The summed E-state index contributed by atoms with van der Waals surface area (Å²) >= 11 is 0. The molecule has 1 aliphatic heterocycles. The van der Waals surface area contributed by atoms with Crippen LogP contribution < -0.4 is 5.59 Å². The summed E-state index contributed by atoms with van der Waals surface area (Å²) in [7, 11) is 1.60. The van der Waals surface area contributed by atoms with Gasteiger partial charge in [0.15, 0.2) is 0 Å². The number of rotatable bonds is 1. The standard InChI is InChI=1S/C16H19BN2O2/c1-15(2)16(3,4)21-17(20-15)14-9-12-8-11(10-18)6-7-13(12)19(14)5/h6-9H,1-5H3. The summed E-state index contributed by atoms with van der Waals surface area (Å²) < 4.78 is 14.3. The number of nitrogens with zero attached hydrogens (tertiary/aromatic N) is 2. The summed E-state index contributed by atoms with van der Waals surface area (Å²) in [5, 5.41) is 10.0. The molecule has 2 heterocycles. The van der Waals surface area contributed by atoms with E-state index in [2.05, 4.69) is 10.6 Å². The smallest absolute Gasteiger partial charge is 0.398 e. The van der Waals surface area contributed by atoms with E-state index in [0.717, 1.165) is 16.5 Å². The van der Waals surface area contributed by atoms with Gasteiger partial charge in [0, 0.05) is 23.5 Å². The van der Waals surface area contributed by atoms with Crippen molar-refractivity contribution in [1.29, 1.82) is 5.26 Å². The van der Waals surface area contributed by atoms with E-state index in [-0.39, 0.29) is 11.2 Å². The first kappa shape index (κ1) is 14.2. The molecule has 0 unspecified atom stereocenters. The van der Waals surface area contributed by atoms with Gasteiger partial charge in [0.1, 0.15) is 0 Å². The van der Waals surface area contributed by atoms with Crippen molar-refractivity contribution >= 4 is 23.6 Å². The average molecular weight is 282 g/mol. The predicted molar refractivity (Wildman–Crippen MR) is 83.4 cm³/mol. The van der Waals surface area contributed by atoms with Crippen molar-refractivity contribution in [2.24, 2.45) is 7.05 Å². The van der Waals surface area contributed by atoms with E-state index in [1.165, 1.54) is 0 Å². The predicted octanol–water partition coefficient (Wildman–Crippen LogP) is 2.35. The molecule has 1 fully saturated rings. The van der Waals surface area contributed by atoms with Crippen molar-refractivity contribution < 1.29 is 9.31 Å². The highest BCUT2D eigenvalue weighted by Crippen LogP contribution is 2.36. The first-order valence-corrected chi connectivity index (χ1v) is 7.10. The molecule has 2 aromatic rings. The third-order valence-corrected chi connectivity index (χ3v) is 4.70. The minimum absolute atomic E-state index is 0.355. The zero-order chi connectivity index (χ0) is 15.4. The van der Waals surface area contributed by atoms with Gasteiger partial charge in [0.2, 0.25) is 0 Å². The number of benzene rings is 1. The zero-order valence-electron chi connectivity index (χ0n) is 13.1. The van der Waals surface area contributed by atoms with Crippen LogP contribution in [0.3, 0.4) is 0 Å². The highest BCUT2D eigenvalue weighted by atomic mass is 16.7. The van der Waals surface area contributed by atoms with E-state index in [9.17, 15) is 0 Å². The van der Waals surface area contributed by atoms with Crippen LogP contribution in [0.25, 0.3) is 10.9 Å². The van der Waals surface area contributed by atoms with E-state index in [4.69, 9.17) is 14.6 Å². The van der Waals surface area contributed by atoms with Gasteiger partial charge in [-0.25, -0.2) is 0 Å². The lowest BCUT2D eigenvalue weighted by Crippen LogP contribution is -2.41. The fourth-order valence-electron chi connectivity index (χ4n) is 2.63. The molecule has 108 valence electrons. The molecule has 0 N–H and O–H groups in total. The zero-order valence-corrected chi connectivity index (χ0v) is 13.1. The molecule has 0 bridgehead atoms. The van der Waals surface area contributed by atoms with Crippen LogP contribution in [0.2, 0.25) is 0 Å². The summed E-state index contributed by atoms with van der Waals surface area (Å²) in [6.45, 7) is 8.18. The SMILES string of the molecule is Cn1c(B2OC(C)(C)C(C)(C)O2)cc2cc(C#N)ccc21. The molecule has 1 saturated heterocycles. The van der Waals surface area contributed by atoms with Crippen molar-refractivity contribution in [3.63, 3.8) is 0 Å². The van der Waals surface area contributed by atoms with Gasteiger partial charge in [-0.05, 0) is 52.0 Å². The Bertz CT molecular complexity index is 739. The molecule has 0 amide bonds. The minimum atomic E-state index is -0.391. The van der Waals surface area contributed by atoms with Crippen LogP contribution in [0.4, 0.5) is 0 Å². The normalized spacial score (nSPS) is 19.9. The van der Waals surface area contributed by atoms with Crippen LogP contribution in [-0.2, 0) is 16.4 Å². The first-order chi connectivity index (χ1) is 9.75. The maximum absolute atomic E-state index is 9.02. The van der Waals surface area contributed by atoms with Crippen LogP contribution in [0.15, 0.2) is 24.3 Å². The van der Waals surface area contributed by atoms with Gasteiger partial charge in [-0.15, -0.1) is 0 Å². The molecule has 1 aromatic heterocycles. The molecule has 0 atom stereocenters. The number of aromatic nitrogens is 1. The number of fused-ring (bicyclic) bond motifs is 1. The maximum atomic E-state index is 9.02. The second kappa shape index (κ2) is 4.36. The molecule has 0 aliphatic carbocycles. The highest BCUT2D eigenvalue weighted by Gasteiger charge is 2.52. The molecule has 1 aliphatic rings. The van der Waals surface area contributed by atoms with Gasteiger partial charge in [-0.2, -0.15) is 5.26 Å². The second-order valence-corrected chi connectivity index (χ2v) is 6.60. The molecular formula is C16H19BN2O2. The molecule has 0 spiro atoms. The highest BCUT2D eigenvalue weighted by molar-refractivity contribution is 6.61. The van der Waals surface area contributed by atoms with Gasteiger partial charge in [0.05, 0.1) is 22.8 Å². The molecule has 0 radical (unpaired) electrons. The van der Waals surface area contributed by atoms with Crippen LogP contribution in [-0.4, -0.2) is 22.9 Å². The van der Waals surface area contributed by atoms with Crippen molar-refractivity contribution in [1.82, 2.24) is 4.57 Å². The van der Waals surface area contributed by atoms with Gasteiger partial charge in [-0.1, -0.05) is 0 Å². The van der Waals surface area contributed by atoms with E-state index < -0.39 is 7.12 Å². The Balaban J connectivity index is 2.07. The number of hydrogen-bond donors (Lipinski definition) is 0. The Hall–Kier alpha value is -1.77. The Morgan fingerprint density at radius 2 is 1.71 bits per heavy atom. The lowest BCUT2D eigenvalue weighted by Gasteiger charge is -2.32. The quantitative estimate of drug-likeness (QED) is 0.754. The Kier molecular flexibility index (Phi) is 2.95. The van der Waals surface area contributed by atoms with Gasteiger partial charge in [0.25, 0.3) is 0 Å². The lowest BCUT2D eigenvalue weighted by atomic mass is 9.84. The van der Waals surface area contributed by atoms with E-state index in [1.807, 2.05) is 59.0 Å². The molecular weight excluding hydrogens is 263 g/mol. The summed E-state index contributed by atoms with van der Waals surface area (Å²) in [6.07, 6.45) is 0. The van der Waals surface area contributed by atoms with Gasteiger partial charge in [-0.3, -0.25) is 0 Å². The number of nitriles is 1. The van der Waals surface area contributed by atoms with Gasteiger partial charge >= 0.3 is 7.12 Å². The van der Waals surface area contributed by atoms with E-state index in [1.54, 1.807) is 0 Å². The van der Waals surface area contributed by atoms with Gasteiger partial charge < -0.3 is 13.9 Å². The van der Waals surface area contributed by atoms with Crippen molar-refractivity contribution in [2.75, 3.05) is 0 Å². The fourth-order valence-corrected chi connectivity index (χ4v) is 2.63. The maximum Gasteiger partial charge on any atom is 0.512 e. The minimum Gasteiger partial charge on any atom is -0.398 e. The van der Waals surface area contributed by atoms with Crippen LogP contribution in [0.5, 0.6) is 0 Å². The third-order valence-electron chi connectivity index (χ3n) is 4.70. The fraction of sp³-hybridized carbons (Fsp3) is 0.438. The summed E-state index contributed by atoms with van der Waals surface area (Å²) in [5.74, 6) is 0. The molecule has 3 rings (SSSR count). The average Bonchev–Trinajstić information content (AvgIpc) is 2.84. The van der Waals surface area contributed by atoms with E-state index >= 15 is 0 Å². The number of aryl methyl sites for hydroxylation is 1. The summed E-state index contributed by atoms with van der Waals surface area (Å²) in [6, 6.07) is 9.90. The van der Waals surface area contributed by atoms with Crippen molar-refractivity contribution in [3.8, 4) is 6.07 Å². The lowest BCUT2D eigenvalue weighted by molar-refractivity contribution is 0.00578. The molecule has 0 saturated carbocycles. The van der Waals surface area contributed by atoms with E-state index in [0.29, 0.717) is 5.56 Å². The second-order valence-electron chi connectivity index (χ2n) is 6.60. The number of hydrogen-bond acceptors (Lipinski definition) is 3. The molecule has 5 heteroatoms. The first-order valence-electron chi connectivity index (χ1n) is 7.10. The van der Waals surface area contributed by atoms with Crippen molar-refractivity contribution in [2.45, 2.75) is 38.9 Å². The Morgan fingerprint density at radius 1 is 1.10 bits per heavy atom. The van der Waals surface area contributed by atoms with Crippen LogP contribution >= 0.6 is 0 Å². The third kappa shape index (κ3) is 2.07. The van der Waals surface area contributed by atoms with Crippen LogP contribution in [0.1, 0.15) is 33.3 Å². The van der Waals surface area contributed by atoms with Crippen molar-refractivity contribution in [3.05, 3.63) is 29.8 Å².